The highest BCUT2D eigenvalue weighted by Gasteiger charge is 2.83. The molecule has 4 aliphatic carbocycles. The minimum absolute atomic E-state index is 0.0790. The molecule has 3 heteroatoms. The fraction of sp³-hybridized carbons (Fsp3) is 0.696. The maximum absolute atomic E-state index is 13.8. The summed E-state index contributed by atoms with van der Waals surface area (Å²) < 4.78 is 0. The van der Waals surface area contributed by atoms with Crippen LogP contribution in [0.25, 0.3) is 0 Å². The summed E-state index contributed by atoms with van der Waals surface area (Å²) in [5, 5.41) is 3.40. The van der Waals surface area contributed by atoms with E-state index in [9.17, 15) is 4.79 Å². The second-order valence-corrected chi connectivity index (χ2v) is 10.4. The van der Waals surface area contributed by atoms with Crippen LogP contribution in [0.15, 0.2) is 30.3 Å². The van der Waals surface area contributed by atoms with E-state index in [1.807, 2.05) is 0 Å². The highest BCUT2D eigenvalue weighted by atomic mass is 16.2. The number of hydrogen-bond acceptors (Lipinski definition) is 2. The van der Waals surface area contributed by atoms with E-state index >= 15 is 0 Å². The molecule has 0 radical (unpaired) electrons. The van der Waals surface area contributed by atoms with Gasteiger partial charge in [-0.25, -0.2) is 0 Å². The van der Waals surface area contributed by atoms with E-state index in [1.165, 1.54) is 24.8 Å². The van der Waals surface area contributed by atoms with Crippen molar-refractivity contribution < 1.29 is 4.79 Å². The van der Waals surface area contributed by atoms with E-state index < -0.39 is 0 Å². The van der Waals surface area contributed by atoms with Gasteiger partial charge in [0.25, 0.3) is 0 Å². The fourth-order valence-electron chi connectivity index (χ4n) is 8.81. The number of piperazine rings is 1. The molecule has 138 valence electrons. The summed E-state index contributed by atoms with van der Waals surface area (Å²) in [7, 11) is 0. The summed E-state index contributed by atoms with van der Waals surface area (Å²) >= 11 is 0. The molecule has 1 aliphatic heterocycles. The predicted molar refractivity (Wildman–Crippen MR) is 102 cm³/mol. The number of amides is 1. The predicted octanol–water partition coefficient (Wildman–Crippen LogP) is 3.35. The van der Waals surface area contributed by atoms with Gasteiger partial charge in [0, 0.05) is 31.6 Å². The molecular weight excluding hydrogens is 320 g/mol. The van der Waals surface area contributed by atoms with E-state index in [0.29, 0.717) is 16.7 Å². The van der Waals surface area contributed by atoms with Crippen molar-refractivity contribution in [1.29, 1.82) is 0 Å². The van der Waals surface area contributed by atoms with Crippen molar-refractivity contribution in [2.24, 2.45) is 22.2 Å². The number of rotatable bonds is 2. The lowest BCUT2D eigenvalue weighted by Crippen LogP contribution is -2.61. The topological polar surface area (TPSA) is 32.3 Å². The smallest absolute Gasteiger partial charge is 0.228 e. The Bertz CT molecular complexity index is 772. The number of carbonyl (C=O) groups is 1. The van der Waals surface area contributed by atoms with Gasteiger partial charge in [0.2, 0.25) is 5.91 Å². The van der Waals surface area contributed by atoms with E-state index in [0.717, 1.165) is 51.4 Å². The summed E-state index contributed by atoms with van der Waals surface area (Å²) in [4.78, 5) is 16.0. The Balaban J connectivity index is 1.46. The van der Waals surface area contributed by atoms with Crippen LogP contribution >= 0.6 is 0 Å². The Morgan fingerprint density at radius 2 is 1.81 bits per heavy atom. The Hall–Kier alpha value is -1.35. The van der Waals surface area contributed by atoms with Gasteiger partial charge in [0.15, 0.2) is 0 Å². The molecule has 3 unspecified atom stereocenters. The number of hydrogen-bond donors (Lipinski definition) is 1. The first-order valence-corrected chi connectivity index (χ1v) is 10.6. The molecule has 1 spiro atoms. The van der Waals surface area contributed by atoms with Gasteiger partial charge in [-0.05, 0) is 60.8 Å². The van der Waals surface area contributed by atoms with Crippen molar-refractivity contribution in [2.75, 3.05) is 26.2 Å². The van der Waals surface area contributed by atoms with Gasteiger partial charge in [-0.2, -0.15) is 0 Å². The summed E-state index contributed by atoms with van der Waals surface area (Å²) in [5.41, 5.74) is 2.56. The van der Waals surface area contributed by atoms with E-state index in [2.05, 4.69) is 47.5 Å². The average molecular weight is 351 g/mol. The van der Waals surface area contributed by atoms with Crippen molar-refractivity contribution >= 4 is 5.91 Å². The van der Waals surface area contributed by atoms with E-state index in [4.69, 9.17) is 0 Å². The van der Waals surface area contributed by atoms with Gasteiger partial charge in [0.1, 0.15) is 0 Å². The Labute approximate surface area is 156 Å². The SMILES string of the molecule is C[C@]12CC3CC4(C(=O)N5CCNCC5)CC1(C3)[C@](c1ccccc1)(C4)C2. The molecule has 1 heterocycles. The molecule has 5 fully saturated rings. The number of nitrogens with one attached hydrogen (secondary N) is 1. The van der Waals surface area contributed by atoms with Crippen LogP contribution < -0.4 is 5.32 Å². The summed E-state index contributed by atoms with van der Waals surface area (Å²) in [6, 6.07) is 11.2. The van der Waals surface area contributed by atoms with Crippen LogP contribution in [0, 0.1) is 22.2 Å². The molecule has 3 nitrogen and oxygen atoms in total. The third-order valence-corrected chi connectivity index (χ3v) is 9.28. The summed E-state index contributed by atoms with van der Waals surface area (Å²) in [6.45, 7) is 6.25. The van der Waals surface area contributed by atoms with Crippen LogP contribution in [-0.4, -0.2) is 37.0 Å². The first-order valence-electron chi connectivity index (χ1n) is 10.6. The zero-order chi connectivity index (χ0) is 17.6. The van der Waals surface area contributed by atoms with Crippen molar-refractivity contribution in [3.05, 3.63) is 35.9 Å². The molecule has 26 heavy (non-hydrogen) atoms. The van der Waals surface area contributed by atoms with Crippen molar-refractivity contribution in [2.45, 2.75) is 50.9 Å². The Morgan fingerprint density at radius 1 is 1.04 bits per heavy atom. The van der Waals surface area contributed by atoms with Gasteiger partial charge in [0.05, 0.1) is 5.41 Å². The number of benzene rings is 1. The third kappa shape index (κ3) is 1.59. The van der Waals surface area contributed by atoms with Crippen molar-refractivity contribution in [3.63, 3.8) is 0 Å². The van der Waals surface area contributed by atoms with Crippen molar-refractivity contribution in [1.82, 2.24) is 10.2 Å². The zero-order valence-corrected chi connectivity index (χ0v) is 15.9. The molecule has 1 amide bonds. The lowest BCUT2D eigenvalue weighted by Gasteiger charge is -2.66. The highest BCUT2D eigenvalue weighted by molar-refractivity contribution is 5.85. The molecule has 1 aromatic rings. The molecule has 5 aliphatic rings. The average Bonchev–Trinajstić information content (AvgIpc) is 2.95. The van der Waals surface area contributed by atoms with Gasteiger partial charge in [-0.15, -0.1) is 0 Å². The van der Waals surface area contributed by atoms with Crippen LogP contribution in [0.1, 0.15) is 51.0 Å². The highest BCUT2D eigenvalue weighted by Crippen LogP contribution is 2.88. The zero-order valence-electron chi connectivity index (χ0n) is 15.9. The van der Waals surface area contributed by atoms with Gasteiger partial charge >= 0.3 is 0 Å². The quantitative estimate of drug-likeness (QED) is 0.887. The van der Waals surface area contributed by atoms with Gasteiger partial charge in [-0.3, -0.25) is 4.79 Å². The molecule has 1 saturated heterocycles. The van der Waals surface area contributed by atoms with E-state index in [1.54, 1.807) is 0 Å². The molecule has 6 rings (SSSR count). The normalized spacial score (nSPS) is 48.3. The van der Waals surface area contributed by atoms with Gasteiger partial charge < -0.3 is 10.2 Å². The maximum atomic E-state index is 13.8. The second-order valence-electron chi connectivity index (χ2n) is 10.4. The summed E-state index contributed by atoms with van der Waals surface area (Å²) in [5.74, 6) is 1.27. The molecule has 3 bridgehead atoms. The monoisotopic (exact) mass is 350 g/mol. The Morgan fingerprint density at radius 3 is 2.58 bits per heavy atom. The third-order valence-electron chi connectivity index (χ3n) is 9.28. The van der Waals surface area contributed by atoms with Crippen LogP contribution in [0.3, 0.4) is 0 Å². The Kier molecular flexibility index (Phi) is 2.85. The van der Waals surface area contributed by atoms with E-state index in [-0.39, 0.29) is 10.8 Å². The first-order chi connectivity index (χ1) is 12.5. The number of nitrogens with zero attached hydrogens (tertiary/aromatic N) is 1. The maximum Gasteiger partial charge on any atom is 0.228 e. The largest absolute Gasteiger partial charge is 0.340 e. The number of carbonyl (C=O) groups excluding carboxylic acids is 1. The van der Waals surface area contributed by atoms with Crippen LogP contribution in [0.5, 0.6) is 0 Å². The molecule has 0 aromatic heterocycles. The molecule has 1 N–H and O–H groups in total. The van der Waals surface area contributed by atoms with Crippen LogP contribution in [0.4, 0.5) is 0 Å². The van der Waals surface area contributed by atoms with Crippen LogP contribution in [-0.2, 0) is 10.2 Å². The standard InChI is InChI=1S/C23H30N2O/c1-20-11-17-12-21(19(26)25-9-7-24-8-10-25)15-22(14-20,23(20,13-17)16-21)18-5-3-2-4-6-18/h2-6,17,24H,7-16H2,1H3/t17?,20-,21?,22+,23?/m1/s1. The van der Waals surface area contributed by atoms with Crippen LogP contribution in [0.2, 0.25) is 0 Å². The second kappa shape index (κ2) is 4.73. The lowest BCUT2D eigenvalue weighted by molar-refractivity contribution is -0.145. The van der Waals surface area contributed by atoms with Crippen molar-refractivity contribution in [3.8, 4) is 0 Å². The minimum Gasteiger partial charge on any atom is -0.340 e. The molecule has 4 saturated carbocycles. The van der Waals surface area contributed by atoms with Gasteiger partial charge in [-0.1, -0.05) is 37.3 Å². The molecular formula is C23H30N2O. The molecule has 1 aromatic carbocycles. The minimum atomic E-state index is -0.0790. The molecule has 5 atom stereocenters. The summed E-state index contributed by atoms with van der Waals surface area (Å²) in [6.07, 6.45) is 7.45. The fourth-order valence-corrected chi connectivity index (χ4v) is 8.81. The number of fused-ring (bicyclic) bond motifs is 2. The first kappa shape index (κ1) is 15.7. The lowest BCUT2D eigenvalue weighted by atomic mass is 9.38.